The minimum absolute atomic E-state index is 0.0228. The molecular formula is C18H16F2N4O3. The van der Waals surface area contributed by atoms with Gasteiger partial charge in [-0.2, -0.15) is 14.6 Å². The van der Waals surface area contributed by atoms with Crippen molar-refractivity contribution in [2.45, 2.75) is 20.1 Å². The highest BCUT2D eigenvalue weighted by Crippen LogP contribution is 2.15. The van der Waals surface area contributed by atoms with Gasteiger partial charge in [0.2, 0.25) is 5.95 Å². The molecule has 0 aliphatic heterocycles. The fourth-order valence-electron chi connectivity index (χ4n) is 2.17. The first kappa shape index (κ1) is 18.3. The van der Waals surface area contributed by atoms with Crippen LogP contribution >= 0.6 is 0 Å². The number of benzene rings is 1. The van der Waals surface area contributed by atoms with Gasteiger partial charge >= 0.3 is 5.91 Å². The molecule has 2 heterocycles. The summed E-state index contributed by atoms with van der Waals surface area (Å²) in [7, 11) is 0. The number of furan rings is 1. The zero-order chi connectivity index (χ0) is 19.2. The number of carbonyl (C=O) groups is 1. The van der Waals surface area contributed by atoms with Crippen LogP contribution in [-0.2, 0) is 13.2 Å². The number of aryl methyl sites for hydroxylation is 1. The Morgan fingerprint density at radius 2 is 2.07 bits per heavy atom. The molecule has 0 radical (unpaired) electrons. The molecule has 3 aromatic rings. The molecule has 1 N–H and O–H groups in total. The van der Waals surface area contributed by atoms with E-state index in [9.17, 15) is 13.6 Å². The summed E-state index contributed by atoms with van der Waals surface area (Å²) in [5.41, 5.74) is 2.40. The van der Waals surface area contributed by atoms with E-state index in [4.69, 9.17) is 9.15 Å². The third-order valence-corrected chi connectivity index (χ3v) is 3.55. The van der Waals surface area contributed by atoms with Crippen LogP contribution in [0.25, 0.3) is 0 Å². The molecule has 0 saturated carbocycles. The Morgan fingerprint density at radius 3 is 2.78 bits per heavy atom. The van der Waals surface area contributed by atoms with E-state index in [-0.39, 0.29) is 23.7 Å². The average molecular weight is 374 g/mol. The quantitative estimate of drug-likeness (QED) is 0.509. The molecule has 0 bridgehead atoms. The highest BCUT2D eigenvalue weighted by Gasteiger charge is 2.11. The van der Waals surface area contributed by atoms with Gasteiger partial charge in [-0.05, 0) is 43.3 Å². The molecule has 9 heteroatoms. The summed E-state index contributed by atoms with van der Waals surface area (Å²) < 4.78 is 38.6. The zero-order valence-electron chi connectivity index (χ0n) is 14.4. The minimum Gasteiger partial charge on any atom is -0.486 e. The molecule has 0 aliphatic rings. The monoisotopic (exact) mass is 374 g/mol. The number of aromatic nitrogens is 2. The Balaban J connectivity index is 1.54. The van der Waals surface area contributed by atoms with Gasteiger partial charge in [-0.25, -0.2) is 14.5 Å². The predicted octanol–water partition coefficient (Wildman–Crippen LogP) is 3.12. The fraction of sp³-hybridized carbons (Fsp3) is 0.167. The lowest BCUT2D eigenvalue weighted by Gasteiger charge is -2.03. The molecule has 1 amide bonds. The van der Waals surface area contributed by atoms with Crippen molar-refractivity contribution in [1.82, 2.24) is 15.2 Å². The van der Waals surface area contributed by atoms with Crippen molar-refractivity contribution in [3.05, 3.63) is 71.4 Å². The molecule has 0 unspecified atom stereocenters. The van der Waals surface area contributed by atoms with Crippen molar-refractivity contribution >= 4 is 12.1 Å². The second-order valence-electron chi connectivity index (χ2n) is 5.41. The van der Waals surface area contributed by atoms with Gasteiger partial charge in [-0.1, -0.05) is 0 Å². The van der Waals surface area contributed by atoms with Crippen LogP contribution in [0.4, 0.5) is 8.78 Å². The van der Waals surface area contributed by atoms with Crippen LogP contribution in [0.1, 0.15) is 28.8 Å². The Kier molecular flexibility index (Phi) is 5.60. The van der Waals surface area contributed by atoms with Gasteiger partial charge in [-0.3, -0.25) is 4.79 Å². The van der Waals surface area contributed by atoms with Gasteiger partial charge in [0.1, 0.15) is 23.9 Å². The van der Waals surface area contributed by atoms with Gasteiger partial charge in [0.15, 0.2) is 5.76 Å². The Morgan fingerprint density at radius 1 is 1.30 bits per heavy atom. The number of hydrogen-bond acceptors (Lipinski definition) is 5. The van der Waals surface area contributed by atoms with E-state index in [1.165, 1.54) is 41.2 Å². The number of rotatable bonds is 7. The summed E-state index contributed by atoms with van der Waals surface area (Å²) in [5.74, 6) is -0.588. The molecule has 2 aromatic heterocycles. The number of halogens is 2. The maximum absolute atomic E-state index is 13.8. The summed E-state index contributed by atoms with van der Waals surface area (Å²) in [6.45, 7) is 2.22. The predicted molar refractivity (Wildman–Crippen MR) is 92.4 cm³/mol. The summed E-state index contributed by atoms with van der Waals surface area (Å²) in [6.07, 6.45) is 2.47. The van der Waals surface area contributed by atoms with Crippen molar-refractivity contribution < 1.29 is 22.7 Å². The molecule has 0 saturated heterocycles. The van der Waals surface area contributed by atoms with Crippen LogP contribution in [0.2, 0.25) is 0 Å². The molecule has 3 rings (SSSR count). The topological polar surface area (TPSA) is 81.7 Å². The summed E-state index contributed by atoms with van der Waals surface area (Å²) in [6, 6.07) is 8.57. The summed E-state index contributed by atoms with van der Waals surface area (Å²) >= 11 is 0. The zero-order valence-corrected chi connectivity index (χ0v) is 14.4. The van der Waals surface area contributed by atoms with Crippen molar-refractivity contribution in [3.8, 4) is 5.75 Å². The van der Waals surface area contributed by atoms with Crippen molar-refractivity contribution in [3.63, 3.8) is 0 Å². The molecule has 1 aromatic carbocycles. The first-order chi connectivity index (χ1) is 13.1. The van der Waals surface area contributed by atoms with E-state index in [0.29, 0.717) is 18.1 Å². The highest BCUT2D eigenvalue weighted by atomic mass is 19.1. The van der Waals surface area contributed by atoms with Gasteiger partial charge in [0.25, 0.3) is 0 Å². The maximum Gasteiger partial charge on any atom is 0.307 e. The second kappa shape index (κ2) is 8.26. The maximum atomic E-state index is 13.8. The Labute approximate surface area is 153 Å². The normalized spacial score (nSPS) is 11.1. The van der Waals surface area contributed by atoms with E-state index < -0.39 is 11.9 Å². The lowest BCUT2D eigenvalue weighted by Crippen LogP contribution is -2.16. The van der Waals surface area contributed by atoms with Crippen LogP contribution in [0.15, 0.2) is 52.1 Å². The third kappa shape index (κ3) is 4.57. The van der Waals surface area contributed by atoms with Crippen LogP contribution in [0.5, 0.6) is 5.75 Å². The lowest BCUT2D eigenvalue weighted by atomic mass is 10.3. The second-order valence-corrected chi connectivity index (χ2v) is 5.41. The summed E-state index contributed by atoms with van der Waals surface area (Å²) in [4.78, 5) is 12.0. The van der Waals surface area contributed by atoms with Crippen molar-refractivity contribution in [1.29, 1.82) is 0 Å². The number of hydrazone groups is 1. The third-order valence-electron chi connectivity index (χ3n) is 3.55. The van der Waals surface area contributed by atoms with E-state index in [1.54, 1.807) is 13.0 Å². The smallest absolute Gasteiger partial charge is 0.307 e. The molecule has 0 fully saturated rings. The number of amides is 1. The molecule has 27 heavy (non-hydrogen) atoms. The first-order valence-electron chi connectivity index (χ1n) is 8.08. The fourth-order valence-corrected chi connectivity index (χ4v) is 2.17. The van der Waals surface area contributed by atoms with Crippen LogP contribution in [-0.4, -0.2) is 21.9 Å². The van der Waals surface area contributed by atoms with Gasteiger partial charge in [0, 0.05) is 6.54 Å². The highest BCUT2D eigenvalue weighted by molar-refractivity contribution is 5.92. The minimum atomic E-state index is -0.595. The van der Waals surface area contributed by atoms with E-state index >= 15 is 0 Å². The average Bonchev–Trinajstić information content (AvgIpc) is 3.28. The van der Waals surface area contributed by atoms with Gasteiger partial charge in [0.05, 0.1) is 18.0 Å². The molecule has 0 atom stereocenters. The molecular weight excluding hydrogens is 358 g/mol. The SMILES string of the molecule is CCn1ncc(/C=N/NC(=O)c2ccc(COc3ccc(F)cc3)o2)c1F. The van der Waals surface area contributed by atoms with Crippen LogP contribution in [0, 0.1) is 11.8 Å². The largest absolute Gasteiger partial charge is 0.486 e. The molecule has 7 nitrogen and oxygen atoms in total. The number of ether oxygens (including phenoxy) is 1. The van der Waals surface area contributed by atoms with E-state index in [2.05, 4.69) is 15.6 Å². The van der Waals surface area contributed by atoms with E-state index in [0.717, 1.165) is 6.21 Å². The van der Waals surface area contributed by atoms with E-state index in [1.807, 2.05) is 0 Å². The first-order valence-corrected chi connectivity index (χ1v) is 8.08. The molecule has 0 spiro atoms. The number of nitrogens with one attached hydrogen (secondary N) is 1. The number of hydrogen-bond donors (Lipinski definition) is 1. The molecule has 140 valence electrons. The van der Waals surface area contributed by atoms with Gasteiger partial charge in [-0.15, -0.1) is 0 Å². The Bertz CT molecular complexity index is 948. The van der Waals surface area contributed by atoms with Crippen molar-refractivity contribution in [2.75, 3.05) is 0 Å². The number of nitrogens with zero attached hydrogens (tertiary/aromatic N) is 3. The Hall–Kier alpha value is -3.49. The summed E-state index contributed by atoms with van der Waals surface area (Å²) in [5, 5.41) is 7.52. The van der Waals surface area contributed by atoms with Crippen LogP contribution in [0.3, 0.4) is 0 Å². The standard InChI is InChI=1S/C18H16F2N4O3/c1-2-24-17(20)12(10-22-24)9-21-23-18(25)16-8-7-15(27-16)11-26-14-5-3-13(19)4-6-14/h3-10H,2,11H2,1H3,(H,23,25)/b21-9+. The van der Waals surface area contributed by atoms with Crippen molar-refractivity contribution in [2.24, 2.45) is 5.10 Å². The lowest BCUT2D eigenvalue weighted by molar-refractivity contribution is 0.0923. The van der Waals surface area contributed by atoms with Gasteiger partial charge < -0.3 is 9.15 Å². The van der Waals surface area contributed by atoms with Crippen LogP contribution < -0.4 is 10.2 Å². The molecule has 0 aliphatic carbocycles. The number of carbonyl (C=O) groups excluding carboxylic acids is 1.